The lowest BCUT2D eigenvalue weighted by Gasteiger charge is -2.26. The predicted octanol–water partition coefficient (Wildman–Crippen LogP) is 1.58. The van der Waals surface area contributed by atoms with Crippen LogP contribution in [0.25, 0.3) is 0 Å². The number of nitrogens with zero attached hydrogens (tertiary/aromatic N) is 3. The molecule has 0 fully saturated rings. The molecule has 0 spiro atoms. The van der Waals surface area contributed by atoms with Gasteiger partial charge < -0.3 is 15.8 Å². The Balaban J connectivity index is 1.98. The third kappa shape index (κ3) is 2.71. The molecule has 0 aliphatic carbocycles. The Morgan fingerprint density at radius 2 is 2.29 bits per heavy atom. The summed E-state index contributed by atoms with van der Waals surface area (Å²) in [5.41, 5.74) is 6.76. The van der Waals surface area contributed by atoms with Crippen molar-refractivity contribution in [3.8, 4) is 5.75 Å². The zero-order valence-electron chi connectivity index (χ0n) is 12.2. The van der Waals surface area contributed by atoms with Gasteiger partial charge in [0.25, 0.3) is 0 Å². The van der Waals surface area contributed by atoms with Crippen molar-refractivity contribution in [2.45, 2.75) is 25.8 Å². The first kappa shape index (κ1) is 13.9. The number of benzene rings is 1. The van der Waals surface area contributed by atoms with Gasteiger partial charge in [0.15, 0.2) is 5.82 Å². The molecule has 6 heteroatoms. The lowest BCUT2D eigenvalue weighted by Crippen LogP contribution is -2.25. The number of nitrogens with one attached hydrogen (secondary N) is 1. The van der Waals surface area contributed by atoms with Crippen molar-refractivity contribution in [2.75, 3.05) is 25.0 Å². The second-order valence-corrected chi connectivity index (χ2v) is 5.04. The molecule has 1 aromatic carbocycles. The minimum atomic E-state index is 0.156. The second-order valence-electron chi connectivity index (χ2n) is 5.04. The van der Waals surface area contributed by atoms with Crippen LogP contribution in [0.5, 0.6) is 5.75 Å². The normalized spacial score (nSPS) is 17.1. The van der Waals surface area contributed by atoms with Gasteiger partial charge in [0.1, 0.15) is 5.75 Å². The first-order valence-electron chi connectivity index (χ1n) is 7.44. The summed E-state index contributed by atoms with van der Waals surface area (Å²) < 4.78 is 7.72. The largest absolute Gasteiger partial charge is 0.494 e. The van der Waals surface area contributed by atoms with Crippen LogP contribution in [0.2, 0.25) is 0 Å². The maximum absolute atomic E-state index is 5.76. The lowest BCUT2D eigenvalue weighted by atomic mass is 10.0. The molecule has 1 unspecified atom stereocenters. The van der Waals surface area contributed by atoms with Crippen molar-refractivity contribution in [2.24, 2.45) is 5.73 Å². The molecule has 0 bridgehead atoms. The fraction of sp³-hybridized carbons (Fsp3) is 0.467. The van der Waals surface area contributed by atoms with Gasteiger partial charge in [-0.1, -0.05) is 18.2 Å². The minimum absolute atomic E-state index is 0.156. The molecule has 1 aliphatic heterocycles. The summed E-state index contributed by atoms with van der Waals surface area (Å²) in [6.07, 6.45) is 1.66. The minimum Gasteiger partial charge on any atom is -0.494 e. The predicted molar refractivity (Wildman–Crippen MR) is 81.6 cm³/mol. The molecule has 21 heavy (non-hydrogen) atoms. The van der Waals surface area contributed by atoms with Crippen LogP contribution in [0, 0.1) is 0 Å². The maximum atomic E-state index is 5.76. The van der Waals surface area contributed by atoms with Crippen LogP contribution in [-0.2, 0) is 6.42 Å². The van der Waals surface area contributed by atoms with Gasteiger partial charge >= 0.3 is 0 Å². The van der Waals surface area contributed by atoms with Crippen molar-refractivity contribution < 1.29 is 4.74 Å². The molecule has 6 nitrogen and oxygen atoms in total. The van der Waals surface area contributed by atoms with E-state index in [0.29, 0.717) is 19.6 Å². The quantitative estimate of drug-likeness (QED) is 0.873. The van der Waals surface area contributed by atoms with Crippen LogP contribution >= 0.6 is 0 Å². The number of rotatable bonds is 5. The SMILES string of the molecule is CCOc1ccccc1C1CCNc2nc(CCN)nn21. The van der Waals surface area contributed by atoms with Crippen molar-refractivity contribution in [1.29, 1.82) is 0 Å². The van der Waals surface area contributed by atoms with Crippen LogP contribution in [0.3, 0.4) is 0 Å². The Morgan fingerprint density at radius 3 is 3.10 bits per heavy atom. The Bertz CT molecular complexity index is 610. The van der Waals surface area contributed by atoms with Gasteiger partial charge in [-0.3, -0.25) is 0 Å². The highest BCUT2D eigenvalue weighted by Gasteiger charge is 2.26. The molecule has 3 rings (SSSR count). The third-order valence-electron chi connectivity index (χ3n) is 3.62. The van der Waals surface area contributed by atoms with Gasteiger partial charge in [-0.05, 0) is 26.0 Å². The smallest absolute Gasteiger partial charge is 0.221 e. The summed E-state index contributed by atoms with van der Waals surface area (Å²) in [7, 11) is 0. The molecular formula is C15H21N5O. The molecule has 3 N–H and O–H groups in total. The van der Waals surface area contributed by atoms with Gasteiger partial charge in [-0.2, -0.15) is 10.1 Å². The highest BCUT2D eigenvalue weighted by Crippen LogP contribution is 2.33. The molecule has 0 saturated carbocycles. The topological polar surface area (TPSA) is 78.0 Å². The highest BCUT2D eigenvalue weighted by atomic mass is 16.5. The molecule has 1 aliphatic rings. The fourth-order valence-electron chi connectivity index (χ4n) is 2.71. The molecule has 0 saturated heterocycles. The summed E-state index contributed by atoms with van der Waals surface area (Å²) in [5, 5.41) is 7.91. The molecule has 0 radical (unpaired) electrons. The van der Waals surface area contributed by atoms with E-state index in [1.165, 1.54) is 0 Å². The van der Waals surface area contributed by atoms with Gasteiger partial charge in [0.05, 0.1) is 12.6 Å². The molecule has 112 valence electrons. The average molecular weight is 287 g/mol. The van der Waals surface area contributed by atoms with Gasteiger partial charge in [0.2, 0.25) is 5.95 Å². The summed E-state index contributed by atoms with van der Waals surface area (Å²) in [4.78, 5) is 4.51. The van der Waals surface area contributed by atoms with E-state index in [9.17, 15) is 0 Å². The Kier molecular flexibility index (Phi) is 4.06. The first-order valence-corrected chi connectivity index (χ1v) is 7.44. The Labute approximate surface area is 124 Å². The molecule has 2 heterocycles. The van der Waals surface area contributed by atoms with E-state index in [1.54, 1.807) is 0 Å². The fourth-order valence-corrected chi connectivity index (χ4v) is 2.71. The standard InChI is InChI=1S/C15H21N5O/c1-2-21-13-6-4-3-5-11(13)12-8-10-17-15-18-14(7-9-16)19-20(12)15/h3-6,12H,2,7-10,16H2,1H3,(H,17,18,19). The van der Waals surface area contributed by atoms with E-state index in [0.717, 1.165) is 36.1 Å². The second kappa shape index (κ2) is 6.13. The van der Waals surface area contributed by atoms with Crippen molar-refractivity contribution in [3.63, 3.8) is 0 Å². The van der Waals surface area contributed by atoms with Crippen molar-refractivity contribution >= 4 is 5.95 Å². The van der Waals surface area contributed by atoms with Crippen LogP contribution in [0.1, 0.15) is 30.8 Å². The number of para-hydroxylation sites is 1. The Morgan fingerprint density at radius 1 is 1.43 bits per heavy atom. The van der Waals surface area contributed by atoms with E-state index in [1.807, 2.05) is 29.8 Å². The first-order chi connectivity index (χ1) is 10.3. The van der Waals surface area contributed by atoms with Gasteiger partial charge in [-0.25, -0.2) is 4.68 Å². The number of aromatic nitrogens is 3. The zero-order chi connectivity index (χ0) is 14.7. The van der Waals surface area contributed by atoms with E-state index >= 15 is 0 Å². The van der Waals surface area contributed by atoms with Gasteiger partial charge in [0, 0.05) is 18.5 Å². The van der Waals surface area contributed by atoms with E-state index in [-0.39, 0.29) is 6.04 Å². The Hall–Kier alpha value is -2.08. The lowest BCUT2D eigenvalue weighted by molar-refractivity contribution is 0.328. The summed E-state index contributed by atoms with van der Waals surface area (Å²) in [6, 6.07) is 8.31. The molecule has 2 aromatic rings. The maximum Gasteiger partial charge on any atom is 0.221 e. The number of nitrogens with two attached hydrogens (primary N) is 1. The molecular weight excluding hydrogens is 266 g/mol. The van der Waals surface area contributed by atoms with Crippen molar-refractivity contribution in [1.82, 2.24) is 14.8 Å². The van der Waals surface area contributed by atoms with E-state index in [2.05, 4.69) is 21.5 Å². The van der Waals surface area contributed by atoms with E-state index < -0.39 is 0 Å². The monoisotopic (exact) mass is 287 g/mol. The summed E-state index contributed by atoms with van der Waals surface area (Å²) >= 11 is 0. The number of hydrogen-bond donors (Lipinski definition) is 2. The number of hydrogen-bond acceptors (Lipinski definition) is 5. The van der Waals surface area contributed by atoms with Crippen LogP contribution in [0.4, 0.5) is 5.95 Å². The number of ether oxygens (including phenoxy) is 1. The summed E-state index contributed by atoms with van der Waals surface area (Å²) in [5.74, 6) is 2.54. The third-order valence-corrected chi connectivity index (χ3v) is 3.62. The zero-order valence-corrected chi connectivity index (χ0v) is 12.2. The molecule has 1 aromatic heterocycles. The van der Waals surface area contributed by atoms with Gasteiger partial charge in [-0.15, -0.1) is 0 Å². The number of fused-ring (bicyclic) bond motifs is 1. The molecule has 1 atom stereocenters. The van der Waals surface area contributed by atoms with Crippen LogP contribution in [-0.4, -0.2) is 34.5 Å². The van der Waals surface area contributed by atoms with Crippen molar-refractivity contribution in [3.05, 3.63) is 35.7 Å². The average Bonchev–Trinajstić information content (AvgIpc) is 2.91. The summed E-state index contributed by atoms with van der Waals surface area (Å²) in [6.45, 7) is 4.10. The molecule has 0 amide bonds. The van der Waals surface area contributed by atoms with E-state index in [4.69, 9.17) is 10.5 Å². The number of anilines is 1. The highest BCUT2D eigenvalue weighted by molar-refractivity contribution is 5.40. The van der Waals surface area contributed by atoms with Crippen LogP contribution in [0.15, 0.2) is 24.3 Å². The van der Waals surface area contributed by atoms with Crippen LogP contribution < -0.4 is 15.8 Å².